The van der Waals surface area contributed by atoms with Crippen LogP contribution in [0.3, 0.4) is 0 Å². The molecule has 3 aromatic rings. The number of hydrogen-bond donors (Lipinski definition) is 0. The molecule has 122 valence electrons. The quantitative estimate of drug-likeness (QED) is 0.608. The molecule has 5 nitrogen and oxygen atoms in total. The first-order chi connectivity index (χ1) is 11.5. The molecule has 1 heterocycles. The van der Waals surface area contributed by atoms with Crippen LogP contribution in [0, 0.1) is 0 Å². The smallest absolute Gasteiger partial charge is 0.258 e. The Labute approximate surface area is 148 Å². The van der Waals surface area contributed by atoms with Crippen molar-refractivity contribution in [2.75, 3.05) is 0 Å². The first-order valence-corrected chi connectivity index (χ1v) is 7.80. The topological polar surface area (TPSA) is 65.2 Å². The Morgan fingerprint density at radius 3 is 2.54 bits per heavy atom. The number of hydrogen-bond acceptors (Lipinski definition) is 5. The van der Waals surface area contributed by atoms with Crippen LogP contribution >= 0.6 is 23.2 Å². The Kier molecular flexibility index (Phi) is 4.83. The van der Waals surface area contributed by atoms with Crippen molar-refractivity contribution in [3.8, 4) is 17.2 Å². The fraction of sp³-hybridized carbons (Fsp3) is 0.118. The van der Waals surface area contributed by atoms with E-state index in [2.05, 4.69) is 10.1 Å². The second kappa shape index (κ2) is 7.03. The predicted octanol–water partition coefficient (Wildman–Crippen LogP) is 4.83. The van der Waals surface area contributed by atoms with Crippen molar-refractivity contribution in [3.63, 3.8) is 0 Å². The van der Waals surface area contributed by atoms with E-state index in [-0.39, 0.29) is 12.4 Å². The van der Waals surface area contributed by atoms with E-state index >= 15 is 0 Å². The molecular formula is C17H12Cl2N2O3. The van der Waals surface area contributed by atoms with E-state index in [0.717, 1.165) is 5.56 Å². The molecule has 0 aliphatic rings. The summed E-state index contributed by atoms with van der Waals surface area (Å²) in [4.78, 5) is 15.9. The van der Waals surface area contributed by atoms with E-state index in [0.29, 0.717) is 33.1 Å². The molecular weight excluding hydrogens is 351 g/mol. The summed E-state index contributed by atoms with van der Waals surface area (Å²) < 4.78 is 10.8. The molecule has 24 heavy (non-hydrogen) atoms. The molecule has 0 aliphatic heterocycles. The van der Waals surface area contributed by atoms with Crippen LogP contribution in [0.5, 0.6) is 5.75 Å². The van der Waals surface area contributed by atoms with Gasteiger partial charge in [0.2, 0.25) is 5.82 Å². The summed E-state index contributed by atoms with van der Waals surface area (Å²) in [7, 11) is 0. The predicted molar refractivity (Wildman–Crippen MR) is 90.5 cm³/mol. The Morgan fingerprint density at radius 1 is 1.12 bits per heavy atom. The summed E-state index contributed by atoms with van der Waals surface area (Å²) >= 11 is 11.8. The minimum atomic E-state index is -0.137. The van der Waals surface area contributed by atoms with Gasteiger partial charge in [0.05, 0.1) is 5.56 Å². The Morgan fingerprint density at radius 2 is 1.83 bits per heavy atom. The van der Waals surface area contributed by atoms with Crippen molar-refractivity contribution in [1.29, 1.82) is 0 Å². The van der Waals surface area contributed by atoms with Crippen LogP contribution in [-0.2, 0) is 6.61 Å². The monoisotopic (exact) mass is 362 g/mol. The molecule has 0 spiro atoms. The van der Waals surface area contributed by atoms with E-state index in [1.165, 1.54) is 6.92 Å². The van der Waals surface area contributed by atoms with Gasteiger partial charge in [0.15, 0.2) is 12.4 Å². The van der Waals surface area contributed by atoms with Crippen molar-refractivity contribution < 1.29 is 14.1 Å². The SMILES string of the molecule is CC(=O)c1cc(Cl)ccc1OCc1noc(-c2ccc(Cl)cc2)n1. The van der Waals surface area contributed by atoms with Gasteiger partial charge in [0, 0.05) is 15.6 Å². The van der Waals surface area contributed by atoms with Crippen LogP contribution in [0.25, 0.3) is 11.5 Å². The zero-order valence-corrected chi connectivity index (χ0v) is 14.1. The summed E-state index contributed by atoms with van der Waals surface area (Å²) in [6.07, 6.45) is 0. The van der Waals surface area contributed by atoms with E-state index in [1.54, 1.807) is 42.5 Å². The zero-order valence-electron chi connectivity index (χ0n) is 12.6. The van der Waals surface area contributed by atoms with Gasteiger partial charge in [-0.05, 0) is 49.4 Å². The highest BCUT2D eigenvalue weighted by molar-refractivity contribution is 6.31. The molecule has 2 aromatic carbocycles. The third kappa shape index (κ3) is 3.75. The average Bonchev–Trinajstić information content (AvgIpc) is 3.03. The number of halogens is 2. The normalized spacial score (nSPS) is 10.6. The number of benzene rings is 2. The number of carbonyl (C=O) groups excluding carboxylic acids is 1. The van der Waals surface area contributed by atoms with Gasteiger partial charge in [-0.1, -0.05) is 28.4 Å². The van der Waals surface area contributed by atoms with Gasteiger partial charge in [-0.3, -0.25) is 4.79 Å². The molecule has 0 unspecified atom stereocenters. The lowest BCUT2D eigenvalue weighted by Crippen LogP contribution is -2.02. The second-order valence-corrected chi connectivity index (χ2v) is 5.88. The Balaban J connectivity index is 1.74. The van der Waals surface area contributed by atoms with Gasteiger partial charge >= 0.3 is 0 Å². The van der Waals surface area contributed by atoms with Gasteiger partial charge in [-0.25, -0.2) is 0 Å². The Bertz CT molecular complexity index is 876. The standard InChI is InChI=1S/C17H12Cl2N2O3/c1-10(22)14-8-13(19)6-7-15(14)23-9-16-20-17(24-21-16)11-2-4-12(18)5-3-11/h2-8H,9H2,1H3. The van der Waals surface area contributed by atoms with Gasteiger partial charge < -0.3 is 9.26 Å². The maximum Gasteiger partial charge on any atom is 0.258 e. The average molecular weight is 363 g/mol. The number of aromatic nitrogens is 2. The molecule has 0 radical (unpaired) electrons. The third-order valence-corrected chi connectivity index (χ3v) is 3.72. The van der Waals surface area contributed by atoms with Crippen LogP contribution in [-0.4, -0.2) is 15.9 Å². The summed E-state index contributed by atoms with van der Waals surface area (Å²) in [5, 5.41) is 4.96. The van der Waals surface area contributed by atoms with Crippen LogP contribution in [0.15, 0.2) is 47.0 Å². The number of ether oxygens (including phenoxy) is 1. The number of Topliss-reactive ketones (excluding diaryl/α,β-unsaturated/α-hetero) is 1. The van der Waals surface area contributed by atoms with Crippen LogP contribution in [0.1, 0.15) is 23.1 Å². The van der Waals surface area contributed by atoms with Crippen molar-refractivity contribution in [3.05, 3.63) is 63.9 Å². The van der Waals surface area contributed by atoms with Gasteiger partial charge in [0.25, 0.3) is 5.89 Å². The van der Waals surface area contributed by atoms with Crippen LogP contribution in [0.4, 0.5) is 0 Å². The van der Waals surface area contributed by atoms with Crippen molar-refractivity contribution in [1.82, 2.24) is 10.1 Å². The molecule has 1 aromatic heterocycles. The van der Waals surface area contributed by atoms with Crippen molar-refractivity contribution in [2.45, 2.75) is 13.5 Å². The van der Waals surface area contributed by atoms with Gasteiger partial charge in [0.1, 0.15) is 5.75 Å². The highest BCUT2D eigenvalue weighted by Crippen LogP contribution is 2.25. The lowest BCUT2D eigenvalue weighted by Gasteiger charge is -2.08. The molecule has 0 atom stereocenters. The van der Waals surface area contributed by atoms with Crippen LogP contribution in [0.2, 0.25) is 10.0 Å². The summed E-state index contributed by atoms with van der Waals surface area (Å²) in [5.41, 5.74) is 1.16. The molecule has 0 amide bonds. The molecule has 0 aliphatic carbocycles. The fourth-order valence-electron chi connectivity index (χ4n) is 2.07. The van der Waals surface area contributed by atoms with Gasteiger partial charge in [-0.15, -0.1) is 0 Å². The summed E-state index contributed by atoms with van der Waals surface area (Å²) in [6.45, 7) is 1.52. The molecule has 0 saturated carbocycles. The third-order valence-electron chi connectivity index (χ3n) is 3.24. The zero-order chi connectivity index (χ0) is 17.1. The molecule has 0 N–H and O–H groups in total. The highest BCUT2D eigenvalue weighted by Gasteiger charge is 2.13. The first kappa shape index (κ1) is 16.5. The molecule has 0 saturated heterocycles. The van der Waals surface area contributed by atoms with E-state index < -0.39 is 0 Å². The van der Waals surface area contributed by atoms with Gasteiger partial charge in [-0.2, -0.15) is 4.98 Å². The second-order valence-electron chi connectivity index (χ2n) is 5.01. The van der Waals surface area contributed by atoms with Crippen molar-refractivity contribution in [2.24, 2.45) is 0 Å². The highest BCUT2D eigenvalue weighted by atomic mass is 35.5. The summed E-state index contributed by atoms with van der Waals surface area (Å²) in [5.74, 6) is 1.02. The number of rotatable bonds is 5. The fourth-order valence-corrected chi connectivity index (χ4v) is 2.37. The number of ketones is 1. The Hall–Kier alpha value is -2.37. The van der Waals surface area contributed by atoms with E-state index in [4.69, 9.17) is 32.5 Å². The minimum Gasteiger partial charge on any atom is -0.485 e. The lowest BCUT2D eigenvalue weighted by atomic mass is 10.1. The van der Waals surface area contributed by atoms with E-state index in [9.17, 15) is 4.79 Å². The lowest BCUT2D eigenvalue weighted by molar-refractivity contribution is 0.101. The maximum absolute atomic E-state index is 11.6. The molecule has 7 heteroatoms. The first-order valence-electron chi connectivity index (χ1n) is 7.05. The van der Waals surface area contributed by atoms with E-state index in [1.807, 2.05) is 0 Å². The van der Waals surface area contributed by atoms with Crippen LogP contribution < -0.4 is 4.74 Å². The maximum atomic E-state index is 11.6. The minimum absolute atomic E-state index is 0.0685. The molecule has 0 fully saturated rings. The largest absolute Gasteiger partial charge is 0.485 e. The number of nitrogens with zero attached hydrogens (tertiary/aromatic N) is 2. The number of carbonyl (C=O) groups is 1. The molecule has 3 rings (SSSR count). The van der Waals surface area contributed by atoms with Crippen molar-refractivity contribution >= 4 is 29.0 Å². The summed E-state index contributed by atoms with van der Waals surface area (Å²) in [6, 6.07) is 11.9. The molecule has 0 bridgehead atoms.